The van der Waals surface area contributed by atoms with Crippen molar-refractivity contribution in [2.45, 2.75) is 45.6 Å². The number of anilines is 1. The van der Waals surface area contributed by atoms with Gasteiger partial charge in [-0.15, -0.1) is 0 Å². The molecule has 0 aromatic heterocycles. The fraction of sp³-hybridized carbons (Fsp3) is 0.619. The average Bonchev–Trinajstić information content (AvgIpc) is 3.06. The van der Waals surface area contributed by atoms with Crippen molar-refractivity contribution in [1.82, 2.24) is 5.32 Å². The number of methoxy groups -OCH3 is 2. The molecule has 6 heteroatoms. The van der Waals surface area contributed by atoms with Gasteiger partial charge < -0.3 is 19.7 Å². The number of benzene rings is 1. The molecule has 4 unspecified atom stereocenters. The maximum absolute atomic E-state index is 12.8. The molecule has 2 aliphatic rings. The van der Waals surface area contributed by atoms with Crippen molar-refractivity contribution < 1.29 is 19.1 Å². The van der Waals surface area contributed by atoms with Crippen LogP contribution in [-0.2, 0) is 9.59 Å². The highest BCUT2D eigenvalue weighted by Crippen LogP contribution is 2.36. The summed E-state index contributed by atoms with van der Waals surface area (Å²) in [5, 5.41) is 3.21. The lowest BCUT2D eigenvalue weighted by molar-refractivity contribution is -0.127. The molecular formula is C21H30N2O4. The summed E-state index contributed by atoms with van der Waals surface area (Å²) in [4.78, 5) is 27.0. The zero-order valence-electron chi connectivity index (χ0n) is 16.7. The maximum Gasteiger partial charge on any atom is 0.227 e. The van der Waals surface area contributed by atoms with E-state index in [1.165, 1.54) is 6.42 Å². The number of ether oxygens (including phenoxy) is 2. The Labute approximate surface area is 161 Å². The molecule has 3 rings (SSSR count). The molecule has 1 aromatic carbocycles. The van der Waals surface area contributed by atoms with Crippen molar-refractivity contribution in [3.8, 4) is 11.5 Å². The first-order valence-corrected chi connectivity index (χ1v) is 9.77. The Bertz CT molecular complexity index is 705. The van der Waals surface area contributed by atoms with Crippen molar-refractivity contribution in [3.63, 3.8) is 0 Å². The summed E-state index contributed by atoms with van der Waals surface area (Å²) >= 11 is 0. The van der Waals surface area contributed by atoms with Crippen molar-refractivity contribution >= 4 is 17.5 Å². The van der Waals surface area contributed by atoms with Crippen LogP contribution < -0.4 is 19.7 Å². The second-order valence-electron chi connectivity index (χ2n) is 7.83. The van der Waals surface area contributed by atoms with E-state index in [0.29, 0.717) is 35.6 Å². The number of carbonyl (C=O) groups is 2. The van der Waals surface area contributed by atoms with E-state index >= 15 is 0 Å². The molecule has 2 fully saturated rings. The van der Waals surface area contributed by atoms with Crippen LogP contribution in [0, 0.1) is 17.8 Å². The molecule has 1 saturated carbocycles. The molecule has 1 aromatic rings. The van der Waals surface area contributed by atoms with Crippen LogP contribution in [-0.4, -0.2) is 38.6 Å². The maximum atomic E-state index is 12.8. The number of nitrogens with zero attached hydrogens (tertiary/aromatic N) is 1. The van der Waals surface area contributed by atoms with Gasteiger partial charge in [-0.05, 0) is 30.4 Å². The first-order chi connectivity index (χ1) is 12.9. The highest BCUT2D eigenvalue weighted by molar-refractivity contribution is 6.01. The van der Waals surface area contributed by atoms with E-state index < -0.39 is 0 Å². The zero-order chi connectivity index (χ0) is 19.6. The summed E-state index contributed by atoms with van der Waals surface area (Å²) in [6.45, 7) is 4.84. The average molecular weight is 374 g/mol. The van der Waals surface area contributed by atoms with Gasteiger partial charge in [-0.3, -0.25) is 9.59 Å². The van der Waals surface area contributed by atoms with Crippen LogP contribution in [0.1, 0.15) is 39.5 Å². The normalized spacial score (nSPS) is 28.1. The second kappa shape index (κ2) is 8.19. The van der Waals surface area contributed by atoms with Crippen LogP contribution in [0.4, 0.5) is 5.69 Å². The van der Waals surface area contributed by atoms with E-state index in [0.717, 1.165) is 12.8 Å². The van der Waals surface area contributed by atoms with E-state index in [1.807, 2.05) is 0 Å². The summed E-state index contributed by atoms with van der Waals surface area (Å²) in [5.41, 5.74) is 0.679. The van der Waals surface area contributed by atoms with Gasteiger partial charge in [0.1, 0.15) is 11.5 Å². The number of hydrogen-bond donors (Lipinski definition) is 1. The molecule has 148 valence electrons. The first-order valence-electron chi connectivity index (χ1n) is 9.77. The fourth-order valence-electron chi connectivity index (χ4n) is 4.21. The smallest absolute Gasteiger partial charge is 0.227 e. The summed E-state index contributed by atoms with van der Waals surface area (Å²) < 4.78 is 10.6. The molecule has 1 N–H and O–H groups in total. The Hall–Kier alpha value is -2.24. The fourth-order valence-corrected chi connectivity index (χ4v) is 4.21. The standard InChI is InChI=1S/C21H30N2O4/c1-13-6-5-7-17(14(13)2)22-21(25)15-10-20(24)23(12-15)18-9-8-16(26-3)11-19(18)27-4/h8-9,11,13-15,17H,5-7,10,12H2,1-4H3,(H,22,25). The lowest BCUT2D eigenvalue weighted by Gasteiger charge is -2.35. The topological polar surface area (TPSA) is 67.9 Å². The van der Waals surface area contributed by atoms with Gasteiger partial charge in [0.05, 0.1) is 25.8 Å². The van der Waals surface area contributed by atoms with E-state index in [9.17, 15) is 9.59 Å². The Morgan fingerprint density at radius 2 is 1.96 bits per heavy atom. The number of nitrogens with one attached hydrogen (secondary N) is 1. The predicted molar refractivity (Wildman–Crippen MR) is 104 cm³/mol. The van der Waals surface area contributed by atoms with Gasteiger partial charge in [0, 0.05) is 25.1 Å². The Morgan fingerprint density at radius 1 is 1.19 bits per heavy atom. The Kier molecular flexibility index (Phi) is 5.92. The third kappa shape index (κ3) is 4.04. The molecular weight excluding hydrogens is 344 g/mol. The van der Waals surface area contributed by atoms with Gasteiger partial charge in [-0.25, -0.2) is 0 Å². The molecule has 1 heterocycles. The van der Waals surface area contributed by atoms with Crippen LogP contribution in [0.5, 0.6) is 11.5 Å². The van der Waals surface area contributed by atoms with Crippen LogP contribution >= 0.6 is 0 Å². The minimum absolute atomic E-state index is 0.00993. The second-order valence-corrected chi connectivity index (χ2v) is 7.83. The Morgan fingerprint density at radius 3 is 2.67 bits per heavy atom. The molecule has 6 nitrogen and oxygen atoms in total. The Balaban J connectivity index is 1.69. The lowest BCUT2D eigenvalue weighted by atomic mass is 9.78. The summed E-state index contributed by atoms with van der Waals surface area (Å²) in [6.07, 6.45) is 3.63. The molecule has 4 atom stereocenters. The first kappa shape index (κ1) is 19.5. The third-order valence-electron chi connectivity index (χ3n) is 6.21. The van der Waals surface area contributed by atoms with Crippen molar-refractivity contribution in [2.75, 3.05) is 25.7 Å². The van der Waals surface area contributed by atoms with E-state index in [-0.39, 0.29) is 30.2 Å². The number of amides is 2. The van der Waals surface area contributed by atoms with E-state index in [4.69, 9.17) is 9.47 Å². The van der Waals surface area contributed by atoms with Crippen molar-refractivity contribution in [1.29, 1.82) is 0 Å². The van der Waals surface area contributed by atoms with E-state index in [1.54, 1.807) is 37.3 Å². The van der Waals surface area contributed by atoms with Crippen molar-refractivity contribution in [2.24, 2.45) is 17.8 Å². The predicted octanol–water partition coefficient (Wildman–Crippen LogP) is 3.00. The minimum Gasteiger partial charge on any atom is -0.497 e. The van der Waals surface area contributed by atoms with Crippen LogP contribution in [0.3, 0.4) is 0 Å². The number of carbonyl (C=O) groups excluding carboxylic acids is 2. The summed E-state index contributed by atoms with van der Waals surface area (Å²) in [7, 11) is 3.15. The summed E-state index contributed by atoms with van der Waals surface area (Å²) in [5.74, 6) is 1.93. The molecule has 1 aliphatic heterocycles. The molecule has 0 radical (unpaired) electrons. The monoisotopic (exact) mass is 374 g/mol. The van der Waals surface area contributed by atoms with Crippen LogP contribution in [0.2, 0.25) is 0 Å². The van der Waals surface area contributed by atoms with Gasteiger partial charge in [-0.1, -0.05) is 26.7 Å². The zero-order valence-corrected chi connectivity index (χ0v) is 16.7. The molecule has 0 spiro atoms. The molecule has 1 aliphatic carbocycles. The SMILES string of the molecule is COc1ccc(N2CC(C(=O)NC3CCCC(C)C3C)CC2=O)c(OC)c1. The van der Waals surface area contributed by atoms with Gasteiger partial charge in [-0.2, -0.15) is 0 Å². The molecule has 27 heavy (non-hydrogen) atoms. The largest absolute Gasteiger partial charge is 0.497 e. The number of rotatable bonds is 5. The van der Waals surface area contributed by atoms with Crippen molar-refractivity contribution in [3.05, 3.63) is 18.2 Å². The number of hydrogen-bond acceptors (Lipinski definition) is 4. The van der Waals surface area contributed by atoms with Gasteiger partial charge in [0.25, 0.3) is 0 Å². The van der Waals surface area contributed by atoms with Gasteiger partial charge in [0.15, 0.2) is 0 Å². The molecule has 2 amide bonds. The third-order valence-corrected chi connectivity index (χ3v) is 6.21. The lowest BCUT2D eigenvalue weighted by Crippen LogP contribution is -2.46. The molecule has 0 bridgehead atoms. The quantitative estimate of drug-likeness (QED) is 0.860. The van der Waals surface area contributed by atoms with E-state index in [2.05, 4.69) is 19.2 Å². The highest BCUT2D eigenvalue weighted by atomic mass is 16.5. The molecule has 1 saturated heterocycles. The highest BCUT2D eigenvalue weighted by Gasteiger charge is 2.38. The van der Waals surface area contributed by atoms with Crippen LogP contribution in [0.15, 0.2) is 18.2 Å². The minimum atomic E-state index is -0.325. The van der Waals surface area contributed by atoms with Gasteiger partial charge >= 0.3 is 0 Å². The van der Waals surface area contributed by atoms with Gasteiger partial charge in [0.2, 0.25) is 11.8 Å². The van der Waals surface area contributed by atoms with Crippen LogP contribution in [0.25, 0.3) is 0 Å². The summed E-state index contributed by atoms with van der Waals surface area (Å²) in [6, 6.07) is 5.56.